The predicted octanol–water partition coefficient (Wildman–Crippen LogP) is 5.64. The minimum absolute atomic E-state index is 0.0515. The molecule has 4 atom stereocenters. The van der Waals surface area contributed by atoms with Gasteiger partial charge in [0.15, 0.2) is 0 Å². The second-order valence-electron chi connectivity index (χ2n) is 8.91. The second kappa shape index (κ2) is 9.51. The zero-order chi connectivity index (χ0) is 20.9. The van der Waals surface area contributed by atoms with Crippen molar-refractivity contribution in [3.8, 4) is 0 Å². The number of benzene rings is 2. The first-order valence-electron chi connectivity index (χ1n) is 11.3. The van der Waals surface area contributed by atoms with Crippen molar-refractivity contribution in [1.29, 1.82) is 0 Å². The summed E-state index contributed by atoms with van der Waals surface area (Å²) in [7, 11) is 0. The van der Waals surface area contributed by atoms with Crippen molar-refractivity contribution in [3.05, 3.63) is 71.8 Å². The van der Waals surface area contributed by atoms with Crippen LogP contribution in [-0.2, 0) is 14.4 Å². The van der Waals surface area contributed by atoms with Crippen molar-refractivity contribution in [2.75, 3.05) is 0 Å². The molecule has 2 fully saturated rings. The topological polar surface area (TPSA) is 51.2 Å². The van der Waals surface area contributed by atoms with Gasteiger partial charge in [-0.3, -0.25) is 14.4 Å². The maximum atomic E-state index is 13.3. The van der Waals surface area contributed by atoms with Crippen molar-refractivity contribution in [3.63, 3.8) is 0 Å². The van der Waals surface area contributed by atoms with Gasteiger partial charge in [0.1, 0.15) is 17.3 Å². The second-order valence-corrected chi connectivity index (χ2v) is 8.91. The Morgan fingerprint density at radius 2 is 1.10 bits per heavy atom. The van der Waals surface area contributed by atoms with Gasteiger partial charge in [-0.25, -0.2) is 0 Å². The number of hydrogen-bond donors (Lipinski definition) is 0. The van der Waals surface area contributed by atoms with Gasteiger partial charge in [-0.2, -0.15) is 0 Å². The lowest BCUT2D eigenvalue weighted by Gasteiger charge is -2.26. The number of Topliss-reactive ketones (excluding diaryl/α,β-unsaturated/α-hetero) is 3. The van der Waals surface area contributed by atoms with Crippen LogP contribution in [0.15, 0.2) is 60.7 Å². The largest absolute Gasteiger partial charge is 0.300 e. The summed E-state index contributed by atoms with van der Waals surface area (Å²) < 4.78 is 0. The highest BCUT2D eigenvalue weighted by molar-refractivity contribution is 5.88. The molecule has 0 radical (unpaired) electrons. The van der Waals surface area contributed by atoms with Gasteiger partial charge in [0, 0.05) is 49.4 Å². The molecule has 2 aromatic rings. The molecule has 4 rings (SSSR count). The van der Waals surface area contributed by atoms with E-state index in [1.807, 2.05) is 60.7 Å². The summed E-state index contributed by atoms with van der Waals surface area (Å²) in [5.41, 5.74) is 2.17. The van der Waals surface area contributed by atoms with Crippen LogP contribution in [0.2, 0.25) is 0 Å². The normalized spacial score (nSPS) is 23.5. The fourth-order valence-corrected chi connectivity index (χ4v) is 5.50. The van der Waals surface area contributed by atoms with E-state index in [2.05, 4.69) is 0 Å². The average molecular weight is 403 g/mol. The summed E-state index contributed by atoms with van der Waals surface area (Å²) in [5, 5.41) is 0. The highest BCUT2D eigenvalue weighted by Crippen LogP contribution is 2.41. The molecule has 0 saturated heterocycles. The van der Waals surface area contributed by atoms with E-state index >= 15 is 0 Å². The molecule has 0 aromatic heterocycles. The molecule has 0 aliphatic heterocycles. The van der Waals surface area contributed by atoms with Gasteiger partial charge in [-0.05, 0) is 36.8 Å². The van der Waals surface area contributed by atoms with Crippen LogP contribution >= 0.6 is 0 Å². The van der Waals surface area contributed by atoms with E-state index in [1.165, 1.54) is 0 Å². The molecular formula is C27H30O3. The van der Waals surface area contributed by atoms with Gasteiger partial charge in [0.05, 0.1) is 0 Å². The van der Waals surface area contributed by atoms with E-state index < -0.39 is 0 Å². The lowest BCUT2D eigenvalue weighted by molar-refractivity contribution is -0.123. The monoisotopic (exact) mass is 402 g/mol. The van der Waals surface area contributed by atoms with Crippen LogP contribution in [0.25, 0.3) is 0 Å². The zero-order valence-electron chi connectivity index (χ0n) is 17.5. The zero-order valence-corrected chi connectivity index (χ0v) is 17.5. The highest BCUT2D eigenvalue weighted by atomic mass is 16.1. The van der Waals surface area contributed by atoms with Crippen LogP contribution in [0, 0.1) is 11.8 Å². The molecule has 3 heteroatoms. The summed E-state index contributed by atoms with van der Waals surface area (Å²) in [6.45, 7) is 0. The number of carbonyl (C=O) groups excluding carboxylic acids is 3. The molecule has 0 spiro atoms. The third-order valence-corrected chi connectivity index (χ3v) is 7.03. The van der Waals surface area contributed by atoms with Gasteiger partial charge in [-0.1, -0.05) is 60.7 Å². The predicted molar refractivity (Wildman–Crippen MR) is 117 cm³/mol. The smallest absolute Gasteiger partial charge is 0.136 e. The number of hydrogen-bond acceptors (Lipinski definition) is 3. The summed E-state index contributed by atoms with van der Waals surface area (Å²) in [6.07, 6.45) is 5.60. The standard InChI is InChI=1S/C27H30O3/c28-21(17-24(19-9-3-1-4-10-19)22-13-7-15-26(22)29)18-25(20-11-5-2-6-12-20)23-14-8-16-27(23)30/h1-6,9-12,22-25H,7-8,13-18H2. The Bertz CT molecular complexity index is 813. The van der Waals surface area contributed by atoms with Crippen molar-refractivity contribution >= 4 is 17.3 Å². The van der Waals surface area contributed by atoms with E-state index in [0.29, 0.717) is 37.2 Å². The molecule has 0 amide bonds. The van der Waals surface area contributed by atoms with Gasteiger partial charge >= 0.3 is 0 Å². The van der Waals surface area contributed by atoms with E-state index in [-0.39, 0.29) is 29.5 Å². The molecule has 2 saturated carbocycles. The molecular weight excluding hydrogens is 372 g/mol. The van der Waals surface area contributed by atoms with Crippen LogP contribution < -0.4 is 0 Å². The Balaban J connectivity index is 1.55. The SMILES string of the molecule is O=C(CC(c1ccccc1)C1CCCC1=O)CC(c1ccccc1)C1CCCC1=O. The number of ketones is 3. The third-order valence-electron chi connectivity index (χ3n) is 7.03. The van der Waals surface area contributed by atoms with Crippen LogP contribution in [0.3, 0.4) is 0 Å². The van der Waals surface area contributed by atoms with Crippen LogP contribution in [0.5, 0.6) is 0 Å². The Morgan fingerprint density at radius 1 is 0.700 bits per heavy atom. The molecule has 2 aliphatic carbocycles. The molecule has 3 nitrogen and oxygen atoms in total. The number of carbonyl (C=O) groups is 3. The summed E-state index contributed by atoms with van der Waals surface area (Å²) in [6, 6.07) is 20.0. The first kappa shape index (κ1) is 20.7. The summed E-state index contributed by atoms with van der Waals surface area (Å²) in [4.78, 5) is 38.3. The molecule has 0 N–H and O–H groups in total. The Morgan fingerprint density at radius 3 is 1.43 bits per heavy atom. The maximum Gasteiger partial charge on any atom is 0.136 e. The van der Waals surface area contributed by atoms with Crippen molar-refractivity contribution in [2.45, 2.75) is 63.2 Å². The quantitative estimate of drug-likeness (QED) is 0.574. The van der Waals surface area contributed by atoms with E-state index in [0.717, 1.165) is 36.8 Å². The lowest BCUT2D eigenvalue weighted by Crippen LogP contribution is -2.24. The van der Waals surface area contributed by atoms with Gasteiger partial charge in [-0.15, -0.1) is 0 Å². The van der Waals surface area contributed by atoms with Gasteiger partial charge in [0.2, 0.25) is 0 Å². The average Bonchev–Trinajstić information content (AvgIpc) is 3.39. The summed E-state index contributed by atoms with van der Waals surface area (Å²) in [5.74, 6) is 0.537. The van der Waals surface area contributed by atoms with Crippen molar-refractivity contribution in [1.82, 2.24) is 0 Å². The van der Waals surface area contributed by atoms with Crippen LogP contribution in [0.1, 0.15) is 74.3 Å². The van der Waals surface area contributed by atoms with Crippen LogP contribution in [-0.4, -0.2) is 17.3 Å². The van der Waals surface area contributed by atoms with Crippen molar-refractivity contribution in [2.24, 2.45) is 11.8 Å². The molecule has 4 unspecified atom stereocenters. The molecule has 2 aliphatic rings. The number of rotatable bonds is 8. The van der Waals surface area contributed by atoms with Gasteiger partial charge in [0.25, 0.3) is 0 Å². The molecule has 0 heterocycles. The Labute approximate surface area is 178 Å². The maximum absolute atomic E-state index is 13.3. The lowest BCUT2D eigenvalue weighted by atomic mass is 9.76. The molecule has 156 valence electrons. The van der Waals surface area contributed by atoms with Crippen LogP contribution in [0.4, 0.5) is 0 Å². The van der Waals surface area contributed by atoms with E-state index in [1.54, 1.807) is 0 Å². The minimum Gasteiger partial charge on any atom is -0.300 e. The Kier molecular flexibility index (Phi) is 6.56. The Hall–Kier alpha value is -2.55. The molecule has 2 aromatic carbocycles. The molecule has 30 heavy (non-hydrogen) atoms. The van der Waals surface area contributed by atoms with E-state index in [9.17, 15) is 14.4 Å². The fraction of sp³-hybridized carbons (Fsp3) is 0.444. The fourth-order valence-electron chi connectivity index (χ4n) is 5.50. The first-order valence-corrected chi connectivity index (χ1v) is 11.3. The summed E-state index contributed by atoms with van der Waals surface area (Å²) >= 11 is 0. The highest BCUT2D eigenvalue weighted by Gasteiger charge is 2.37. The first-order chi connectivity index (χ1) is 14.6. The van der Waals surface area contributed by atoms with Crippen molar-refractivity contribution < 1.29 is 14.4 Å². The molecule has 0 bridgehead atoms. The third kappa shape index (κ3) is 4.61. The van der Waals surface area contributed by atoms with Gasteiger partial charge < -0.3 is 0 Å². The minimum atomic E-state index is -0.0559. The van der Waals surface area contributed by atoms with E-state index in [4.69, 9.17) is 0 Å².